The van der Waals surface area contributed by atoms with E-state index < -0.39 is 8.07 Å². The van der Waals surface area contributed by atoms with Crippen LogP contribution in [0.3, 0.4) is 0 Å². The van der Waals surface area contributed by atoms with Crippen molar-refractivity contribution >= 4 is 18.4 Å². The van der Waals surface area contributed by atoms with Crippen molar-refractivity contribution in [2.75, 3.05) is 0 Å². The van der Waals surface area contributed by atoms with Crippen LogP contribution < -0.4 is 10.4 Å². The molecule has 0 aromatic carbocycles. The Labute approximate surface area is 90.0 Å². The first-order valence-electron chi connectivity index (χ1n) is 5.10. The van der Waals surface area contributed by atoms with Crippen molar-refractivity contribution in [2.45, 2.75) is 13.1 Å². The molecule has 3 rings (SSSR count). The predicted molar refractivity (Wildman–Crippen MR) is 64.2 cm³/mol. The van der Waals surface area contributed by atoms with Crippen LogP contribution in [0.4, 0.5) is 0 Å². The topological polar surface area (TPSA) is 25.8 Å². The van der Waals surface area contributed by atoms with Gasteiger partial charge in [-0.15, -0.1) is 0 Å². The summed E-state index contributed by atoms with van der Waals surface area (Å²) in [5, 5.41) is 2.97. The van der Waals surface area contributed by atoms with Crippen LogP contribution in [0.5, 0.6) is 0 Å². The fraction of sp³-hybridized carbons (Fsp3) is 0.167. The molecule has 0 bridgehead atoms. The summed E-state index contributed by atoms with van der Waals surface area (Å²) in [6, 6.07) is 4.34. The van der Waals surface area contributed by atoms with Crippen molar-refractivity contribution in [1.82, 2.24) is 9.97 Å². The van der Waals surface area contributed by atoms with Crippen molar-refractivity contribution in [3.63, 3.8) is 0 Å². The van der Waals surface area contributed by atoms with E-state index in [0.29, 0.717) is 0 Å². The molecule has 0 radical (unpaired) electrons. The lowest BCUT2D eigenvalue weighted by atomic mass is 10.1. The van der Waals surface area contributed by atoms with Gasteiger partial charge >= 0.3 is 0 Å². The van der Waals surface area contributed by atoms with Gasteiger partial charge in [-0.05, 0) is 22.5 Å². The van der Waals surface area contributed by atoms with Crippen LogP contribution >= 0.6 is 0 Å². The van der Waals surface area contributed by atoms with E-state index in [0.717, 1.165) is 0 Å². The molecule has 0 spiro atoms. The third-order valence-electron chi connectivity index (χ3n) is 3.28. The summed E-state index contributed by atoms with van der Waals surface area (Å²) in [5.41, 5.74) is 2.58. The number of hydrogen-bond donors (Lipinski definition) is 0. The second-order valence-electron chi connectivity index (χ2n) is 4.47. The Morgan fingerprint density at radius 2 is 1.33 bits per heavy atom. The molecule has 0 amide bonds. The molecule has 0 N–H and O–H groups in total. The summed E-state index contributed by atoms with van der Waals surface area (Å²) in [6.07, 6.45) is 7.73. The van der Waals surface area contributed by atoms with Gasteiger partial charge in [-0.1, -0.05) is 13.1 Å². The zero-order chi connectivity index (χ0) is 10.5. The highest BCUT2D eigenvalue weighted by atomic mass is 28.3. The molecule has 3 heterocycles. The van der Waals surface area contributed by atoms with Gasteiger partial charge in [0.2, 0.25) is 0 Å². The second kappa shape index (κ2) is 2.76. The van der Waals surface area contributed by atoms with E-state index in [2.05, 4.69) is 35.2 Å². The number of rotatable bonds is 0. The second-order valence-corrected chi connectivity index (χ2v) is 8.79. The molecule has 0 fully saturated rings. The lowest BCUT2D eigenvalue weighted by molar-refractivity contribution is 1.32. The maximum Gasteiger partial charge on any atom is 0.114 e. The SMILES string of the molecule is C[Si]1(C)c2ccncc2-c2cnccc21. The molecule has 2 aromatic heterocycles. The number of aromatic nitrogens is 2. The van der Waals surface area contributed by atoms with Gasteiger partial charge < -0.3 is 0 Å². The van der Waals surface area contributed by atoms with Gasteiger partial charge in [0.15, 0.2) is 0 Å². The lowest BCUT2D eigenvalue weighted by Gasteiger charge is -2.17. The highest BCUT2D eigenvalue weighted by molar-refractivity contribution is 7.03. The largest absolute Gasteiger partial charge is 0.264 e. The van der Waals surface area contributed by atoms with Crippen LogP contribution in [-0.2, 0) is 0 Å². The van der Waals surface area contributed by atoms with Crippen LogP contribution in [0.1, 0.15) is 0 Å². The maximum absolute atomic E-state index is 4.22. The number of nitrogens with zero attached hydrogens (tertiary/aromatic N) is 2. The molecule has 0 saturated carbocycles. The normalized spacial score (nSPS) is 15.9. The van der Waals surface area contributed by atoms with Crippen molar-refractivity contribution < 1.29 is 0 Å². The van der Waals surface area contributed by atoms with Crippen molar-refractivity contribution in [1.29, 1.82) is 0 Å². The van der Waals surface area contributed by atoms with Gasteiger partial charge in [0, 0.05) is 35.9 Å². The molecule has 1 aliphatic rings. The summed E-state index contributed by atoms with van der Waals surface area (Å²) in [6.45, 7) is 4.77. The number of pyridine rings is 2. The van der Waals surface area contributed by atoms with Crippen LogP contribution in [-0.4, -0.2) is 18.0 Å². The summed E-state index contributed by atoms with van der Waals surface area (Å²) >= 11 is 0. The van der Waals surface area contributed by atoms with Crippen LogP contribution in [0, 0.1) is 0 Å². The Bertz CT molecular complexity index is 487. The van der Waals surface area contributed by atoms with E-state index in [-0.39, 0.29) is 0 Å². The zero-order valence-electron chi connectivity index (χ0n) is 8.86. The fourth-order valence-corrected chi connectivity index (χ4v) is 5.47. The highest BCUT2D eigenvalue weighted by Gasteiger charge is 2.37. The molecule has 2 nitrogen and oxygen atoms in total. The molecule has 0 saturated heterocycles. The Morgan fingerprint density at radius 1 is 0.867 bits per heavy atom. The standard InChI is InChI=1S/C12H12N2Si/c1-15(2)11-3-5-13-7-9(11)10-8-14-6-4-12(10)15/h3-8H,1-2H3. The Hall–Kier alpha value is -1.48. The van der Waals surface area contributed by atoms with Crippen LogP contribution in [0.15, 0.2) is 36.9 Å². The average Bonchev–Trinajstić information content (AvgIpc) is 2.51. The first-order valence-corrected chi connectivity index (χ1v) is 8.10. The maximum atomic E-state index is 4.22. The summed E-state index contributed by atoms with van der Waals surface area (Å²) in [7, 11) is -1.46. The molecule has 3 heteroatoms. The summed E-state index contributed by atoms with van der Waals surface area (Å²) in [4.78, 5) is 8.43. The quantitative estimate of drug-likeness (QED) is 0.615. The first-order chi connectivity index (χ1) is 7.21. The summed E-state index contributed by atoms with van der Waals surface area (Å²) in [5.74, 6) is 0. The van der Waals surface area contributed by atoms with E-state index in [4.69, 9.17) is 0 Å². The molecule has 74 valence electrons. The van der Waals surface area contributed by atoms with Crippen molar-refractivity contribution in [3.05, 3.63) is 36.9 Å². The molecule has 0 atom stereocenters. The Morgan fingerprint density at radius 3 is 1.80 bits per heavy atom. The zero-order valence-corrected chi connectivity index (χ0v) is 9.86. The third-order valence-corrected chi connectivity index (χ3v) is 6.84. The smallest absolute Gasteiger partial charge is 0.114 e. The van der Waals surface area contributed by atoms with Gasteiger partial charge in [0.1, 0.15) is 8.07 Å². The van der Waals surface area contributed by atoms with Gasteiger partial charge in [-0.2, -0.15) is 0 Å². The number of fused-ring (bicyclic) bond motifs is 3. The van der Waals surface area contributed by atoms with Gasteiger partial charge in [0.25, 0.3) is 0 Å². The number of hydrogen-bond acceptors (Lipinski definition) is 2. The van der Waals surface area contributed by atoms with E-state index in [9.17, 15) is 0 Å². The van der Waals surface area contributed by atoms with Crippen LogP contribution in [0.25, 0.3) is 11.1 Å². The lowest BCUT2D eigenvalue weighted by Crippen LogP contribution is -2.49. The van der Waals surface area contributed by atoms with E-state index in [1.165, 1.54) is 21.5 Å². The molecule has 0 unspecified atom stereocenters. The molecule has 15 heavy (non-hydrogen) atoms. The Balaban J connectivity index is 2.42. The third kappa shape index (κ3) is 1.04. The van der Waals surface area contributed by atoms with Gasteiger partial charge in [-0.25, -0.2) is 0 Å². The van der Waals surface area contributed by atoms with E-state index in [1.54, 1.807) is 0 Å². The van der Waals surface area contributed by atoms with Crippen LogP contribution in [0.2, 0.25) is 13.1 Å². The Kier molecular flexibility index (Phi) is 1.62. The van der Waals surface area contributed by atoms with E-state index >= 15 is 0 Å². The average molecular weight is 212 g/mol. The summed E-state index contributed by atoms with van der Waals surface area (Å²) < 4.78 is 0. The molecular formula is C12H12N2Si. The van der Waals surface area contributed by atoms with Gasteiger partial charge in [0.05, 0.1) is 0 Å². The van der Waals surface area contributed by atoms with E-state index in [1.807, 2.05) is 24.8 Å². The highest BCUT2D eigenvalue weighted by Crippen LogP contribution is 2.25. The monoisotopic (exact) mass is 212 g/mol. The van der Waals surface area contributed by atoms with Gasteiger partial charge in [-0.3, -0.25) is 9.97 Å². The minimum absolute atomic E-state index is 1.29. The molecular weight excluding hydrogens is 200 g/mol. The first kappa shape index (κ1) is 8.80. The molecule has 0 aliphatic carbocycles. The molecule has 1 aliphatic heterocycles. The minimum atomic E-state index is -1.46. The van der Waals surface area contributed by atoms with Crippen molar-refractivity contribution in [2.24, 2.45) is 0 Å². The fourth-order valence-electron chi connectivity index (χ4n) is 2.45. The van der Waals surface area contributed by atoms with Crippen molar-refractivity contribution in [3.8, 4) is 11.1 Å². The predicted octanol–water partition coefficient (Wildman–Crippen LogP) is 1.28. The molecule has 2 aromatic rings. The minimum Gasteiger partial charge on any atom is -0.264 e.